The Morgan fingerprint density at radius 3 is 2.28 bits per heavy atom. The summed E-state index contributed by atoms with van der Waals surface area (Å²) in [5.41, 5.74) is 5.69. The van der Waals surface area contributed by atoms with Crippen LogP contribution in [0, 0.1) is 24.0 Å². The molecule has 0 amide bonds. The summed E-state index contributed by atoms with van der Waals surface area (Å²) < 4.78 is 4.88. The third kappa shape index (κ3) is 3.22. The number of anilines is 3. The van der Waals surface area contributed by atoms with Gasteiger partial charge in [-0.25, -0.2) is 4.63 Å². The van der Waals surface area contributed by atoms with Gasteiger partial charge in [0.1, 0.15) is 5.69 Å². The predicted octanol–water partition coefficient (Wildman–Crippen LogP) is 3.14. The van der Waals surface area contributed by atoms with Crippen LogP contribution in [0.5, 0.6) is 0 Å². The molecule has 152 valence electrons. The molecule has 1 fully saturated rings. The first-order valence-electron chi connectivity index (χ1n) is 9.55. The first-order valence-corrected chi connectivity index (χ1v) is 9.55. The molecule has 0 radical (unpaired) electrons. The number of nitrogens with zero attached hydrogens (tertiary/aromatic N) is 6. The molecule has 0 aliphatic carbocycles. The van der Waals surface area contributed by atoms with Crippen LogP contribution in [-0.4, -0.2) is 55.5 Å². The predicted molar refractivity (Wildman–Crippen MR) is 113 cm³/mol. The number of fused-ring (bicyclic) bond motifs is 1. The molecule has 1 aromatic heterocycles. The number of benzene rings is 2. The summed E-state index contributed by atoms with van der Waals surface area (Å²) in [6.45, 7) is 7.54. The van der Waals surface area contributed by atoms with Gasteiger partial charge in [-0.3, -0.25) is 10.1 Å². The summed E-state index contributed by atoms with van der Waals surface area (Å²) in [5.74, 6) is 0. The molecule has 9 heteroatoms. The fraction of sp³-hybridized carbons (Fsp3) is 0.400. The van der Waals surface area contributed by atoms with E-state index >= 15 is 0 Å². The zero-order valence-corrected chi connectivity index (χ0v) is 17.0. The van der Waals surface area contributed by atoms with E-state index < -0.39 is 4.92 Å². The number of aryl methyl sites for hydroxylation is 1. The Hall–Kier alpha value is -3.36. The lowest BCUT2D eigenvalue weighted by Crippen LogP contribution is -2.47. The van der Waals surface area contributed by atoms with E-state index in [1.165, 1.54) is 16.8 Å². The van der Waals surface area contributed by atoms with Crippen LogP contribution in [0.4, 0.5) is 22.7 Å². The van der Waals surface area contributed by atoms with Crippen molar-refractivity contribution in [2.24, 2.45) is 0 Å². The molecule has 0 spiro atoms. The van der Waals surface area contributed by atoms with Gasteiger partial charge in [-0.1, -0.05) is 12.1 Å². The van der Waals surface area contributed by atoms with E-state index in [0.29, 0.717) is 11.2 Å². The largest absolute Gasteiger partial charge is 0.372 e. The molecule has 3 aromatic rings. The molecule has 9 nitrogen and oxygen atoms in total. The van der Waals surface area contributed by atoms with Gasteiger partial charge in [-0.2, -0.15) is 0 Å². The zero-order valence-electron chi connectivity index (χ0n) is 17.0. The number of nitro benzene ring substituents is 1. The van der Waals surface area contributed by atoms with E-state index in [2.05, 4.69) is 52.2 Å². The maximum Gasteiger partial charge on any atom is 0.323 e. The SMILES string of the molecule is Cc1cccc(N2CCN(c3cc(N(C)C)c([N+](=O)[O-])c4nonc34)CC2)c1C. The lowest BCUT2D eigenvalue weighted by Gasteiger charge is -2.38. The Balaban J connectivity index is 1.67. The Bertz CT molecular complexity index is 1070. The fourth-order valence-electron chi connectivity index (χ4n) is 3.93. The van der Waals surface area contributed by atoms with Gasteiger partial charge >= 0.3 is 5.69 Å². The Labute approximate surface area is 168 Å². The number of hydrogen-bond donors (Lipinski definition) is 0. The minimum atomic E-state index is -0.426. The van der Waals surface area contributed by atoms with Crippen molar-refractivity contribution in [1.82, 2.24) is 10.3 Å². The van der Waals surface area contributed by atoms with E-state index in [4.69, 9.17) is 4.63 Å². The molecule has 1 aliphatic rings. The van der Waals surface area contributed by atoms with E-state index in [1.54, 1.807) is 19.0 Å². The van der Waals surface area contributed by atoms with Gasteiger partial charge in [-0.15, -0.1) is 0 Å². The van der Waals surface area contributed by atoms with Crippen LogP contribution in [0.15, 0.2) is 28.9 Å². The average Bonchev–Trinajstić information content (AvgIpc) is 3.18. The van der Waals surface area contributed by atoms with E-state index in [0.717, 1.165) is 31.9 Å². The van der Waals surface area contributed by atoms with Crippen molar-refractivity contribution in [3.05, 3.63) is 45.5 Å². The van der Waals surface area contributed by atoms with Gasteiger partial charge in [0.25, 0.3) is 0 Å². The van der Waals surface area contributed by atoms with Crippen molar-refractivity contribution < 1.29 is 9.55 Å². The van der Waals surface area contributed by atoms with Crippen molar-refractivity contribution in [1.29, 1.82) is 0 Å². The Morgan fingerprint density at radius 2 is 1.66 bits per heavy atom. The lowest BCUT2D eigenvalue weighted by molar-refractivity contribution is -0.382. The molecule has 2 heterocycles. The highest BCUT2D eigenvalue weighted by molar-refractivity contribution is 6.00. The molecular weight excluding hydrogens is 372 g/mol. The van der Waals surface area contributed by atoms with Crippen LogP contribution in [0.1, 0.15) is 11.1 Å². The molecule has 0 saturated carbocycles. The van der Waals surface area contributed by atoms with Gasteiger partial charge < -0.3 is 14.7 Å². The van der Waals surface area contributed by atoms with Gasteiger partial charge in [-0.05, 0) is 47.4 Å². The van der Waals surface area contributed by atoms with Gasteiger partial charge in [0, 0.05) is 46.0 Å². The van der Waals surface area contributed by atoms with Crippen LogP contribution >= 0.6 is 0 Å². The Kier molecular flexibility index (Phi) is 4.73. The second kappa shape index (κ2) is 7.23. The fourth-order valence-corrected chi connectivity index (χ4v) is 3.93. The zero-order chi connectivity index (χ0) is 20.7. The standard InChI is InChI=1S/C20H24N6O3/c1-13-6-5-7-15(14(13)2)24-8-10-25(11-9-24)16-12-17(23(3)4)20(26(27)28)19-18(16)21-29-22-19/h5-7,12H,8-11H2,1-4H3. The first kappa shape index (κ1) is 19.0. The number of rotatable bonds is 4. The van der Waals surface area contributed by atoms with Crippen molar-refractivity contribution in [2.75, 3.05) is 55.0 Å². The molecular formula is C20H24N6O3. The smallest absolute Gasteiger partial charge is 0.323 e. The normalized spacial score (nSPS) is 14.5. The summed E-state index contributed by atoms with van der Waals surface area (Å²) in [6.07, 6.45) is 0. The second-order valence-electron chi connectivity index (χ2n) is 7.57. The highest BCUT2D eigenvalue weighted by Gasteiger charge is 2.30. The maximum atomic E-state index is 11.6. The van der Waals surface area contributed by atoms with Crippen molar-refractivity contribution in [3.63, 3.8) is 0 Å². The minimum absolute atomic E-state index is 0.0796. The van der Waals surface area contributed by atoms with Crippen molar-refractivity contribution in [2.45, 2.75) is 13.8 Å². The highest BCUT2D eigenvalue weighted by atomic mass is 16.6. The first-order chi connectivity index (χ1) is 13.9. The van der Waals surface area contributed by atoms with Gasteiger partial charge in [0.05, 0.1) is 10.6 Å². The molecule has 2 aromatic carbocycles. The molecule has 1 aliphatic heterocycles. The minimum Gasteiger partial charge on any atom is -0.372 e. The molecule has 0 N–H and O–H groups in total. The molecule has 0 unspecified atom stereocenters. The number of piperazine rings is 1. The Morgan fingerprint density at radius 1 is 1.03 bits per heavy atom. The van der Waals surface area contributed by atoms with Crippen LogP contribution in [-0.2, 0) is 0 Å². The van der Waals surface area contributed by atoms with E-state index in [1.807, 2.05) is 6.07 Å². The lowest BCUT2D eigenvalue weighted by atomic mass is 10.1. The van der Waals surface area contributed by atoms with E-state index in [9.17, 15) is 10.1 Å². The molecule has 0 atom stereocenters. The monoisotopic (exact) mass is 396 g/mol. The number of hydrogen-bond acceptors (Lipinski definition) is 8. The summed E-state index contributed by atoms with van der Waals surface area (Å²) in [7, 11) is 3.56. The average molecular weight is 396 g/mol. The molecule has 4 rings (SSSR count). The topological polar surface area (TPSA) is 91.8 Å². The van der Waals surface area contributed by atoms with Crippen LogP contribution < -0.4 is 14.7 Å². The third-order valence-electron chi connectivity index (χ3n) is 5.67. The second-order valence-corrected chi connectivity index (χ2v) is 7.57. The van der Waals surface area contributed by atoms with E-state index in [-0.39, 0.29) is 11.2 Å². The van der Waals surface area contributed by atoms with Crippen LogP contribution in [0.25, 0.3) is 11.0 Å². The van der Waals surface area contributed by atoms with Gasteiger partial charge in [0.15, 0.2) is 5.52 Å². The number of aromatic nitrogens is 2. The summed E-state index contributed by atoms with van der Waals surface area (Å²) in [4.78, 5) is 17.5. The summed E-state index contributed by atoms with van der Waals surface area (Å²) >= 11 is 0. The molecule has 29 heavy (non-hydrogen) atoms. The highest BCUT2D eigenvalue weighted by Crippen LogP contribution is 2.40. The molecule has 0 bridgehead atoms. The van der Waals surface area contributed by atoms with Crippen LogP contribution in [0.3, 0.4) is 0 Å². The van der Waals surface area contributed by atoms with Crippen molar-refractivity contribution >= 4 is 33.8 Å². The third-order valence-corrected chi connectivity index (χ3v) is 5.67. The number of nitro groups is 1. The van der Waals surface area contributed by atoms with Gasteiger partial charge in [0.2, 0.25) is 5.52 Å². The summed E-state index contributed by atoms with van der Waals surface area (Å²) in [6, 6.07) is 8.20. The summed E-state index contributed by atoms with van der Waals surface area (Å²) in [5, 5.41) is 19.4. The van der Waals surface area contributed by atoms with Crippen LogP contribution in [0.2, 0.25) is 0 Å². The quantitative estimate of drug-likeness (QED) is 0.491. The maximum absolute atomic E-state index is 11.6. The molecule has 1 saturated heterocycles. The van der Waals surface area contributed by atoms with Crippen molar-refractivity contribution in [3.8, 4) is 0 Å².